The molecule has 1 aromatic carbocycles. The van der Waals surface area contributed by atoms with Gasteiger partial charge in [0.2, 0.25) is 0 Å². The van der Waals surface area contributed by atoms with Crippen molar-refractivity contribution in [2.75, 3.05) is 5.75 Å². The Labute approximate surface area is 106 Å². The summed E-state index contributed by atoms with van der Waals surface area (Å²) in [7, 11) is 0. The number of thioether (sulfide) groups is 1. The van der Waals surface area contributed by atoms with Gasteiger partial charge in [0.15, 0.2) is 10.9 Å². The van der Waals surface area contributed by atoms with E-state index in [0.29, 0.717) is 12.2 Å². The van der Waals surface area contributed by atoms with Crippen molar-refractivity contribution in [3.63, 3.8) is 0 Å². The monoisotopic (exact) mass is 246 g/mol. The van der Waals surface area contributed by atoms with Crippen molar-refractivity contribution in [3.8, 4) is 11.8 Å². The van der Waals surface area contributed by atoms with Gasteiger partial charge in [-0.05, 0) is 12.1 Å². The van der Waals surface area contributed by atoms with Gasteiger partial charge in [-0.3, -0.25) is 9.59 Å². The number of ketones is 1. The van der Waals surface area contributed by atoms with Crippen LogP contribution in [0.2, 0.25) is 0 Å². The third-order valence-electron chi connectivity index (χ3n) is 2.11. The maximum Gasteiger partial charge on any atom is 0.186 e. The van der Waals surface area contributed by atoms with Gasteiger partial charge in [0, 0.05) is 24.5 Å². The summed E-state index contributed by atoms with van der Waals surface area (Å²) in [6.45, 7) is 3.37. The van der Waals surface area contributed by atoms with E-state index in [1.165, 1.54) is 18.7 Å². The molecule has 0 radical (unpaired) electrons. The molecule has 0 amide bonds. The number of hydrogen-bond donors (Lipinski definition) is 0. The van der Waals surface area contributed by atoms with E-state index in [1.54, 1.807) is 12.1 Å². The van der Waals surface area contributed by atoms with Gasteiger partial charge < -0.3 is 0 Å². The summed E-state index contributed by atoms with van der Waals surface area (Å²) in [4.78, 5) is 22.0. The molecule has 0 N–H and O–H groups in total. The minimum atomic E-state index is 0.0724. The van der Waals surface area contributed by atoms with Crippen LogP contribution in [0.25, 0.3) is 0 Å². The zero-order chi connectivity index (χ0) is 12.7. The second-order valence-electron chi connectivity index (χ2n) is 3.44. The molecule has 1 aromatic rings. The minimum absolute atomic E-state index is 0.0724. The summed E-state index contributed by atoms with van der Waals surface area (Å²) >= 11 is 1.20. The van der Waals surface area contributed by atoms with Gasteiger partial charge in [-0.25, -0.2) is 0 Å². The molecular weight excluding hydrogens is 232 g/mol. The first-order valence-electron chi connectivity index (χ1n) is 5.39. The Hall–Kier alpha value is -1.53. The fourth-order valence-electron chi connectivity index (χ4n) is 1.22. The Morgan fingerprint density at radius 3 is 2.41 bits per heavy atom. The molecule has 0 aliphatic heterocycles. The van der Waals surface area contributed by atoms with Crippen LogP contribution in [0, 0.1) is 11.8 Å². The van der Waals surface area contributed by atoms with Crippen LogP contribution in [-0.4, -0.2) is 16.7 Å². The van der Waals surface area contributed by atoms with Crippen molar-refractivity contribution < 1.29 is 9.59 Å². The second-order valence-corrected chi connectivity index (χ2v) is 4.59. The van der Waals surface area contributed by atoms with Crippen LogP contribution in [0.15, 0.2) is 24.3 Å². The van der Waals surface area contributed by atoms with Gasteiger partial charge in [0.25, 0.3) is 0 Å². The summed E-state index contributed by atoms with van der Waals surface area (Å²) in [5.74, 6) is 6.49. The predicted octanol–water partition coefficient (Wildman–Crippen LogP) is 2.91. The molecule has 0 aliphatic rings. The quantitative estimate of drug-likeness (QED) is 0.607. The van der Waals surface area contributed by atoms with Crippen LogP contribution in [-0.2, 0) is 4.79 Å². The third-order valence-corrected chi connectivity index (χ3v) is 2.80. The molecule has 0 heterocycles. The molecule has 0 atom stereocenters. The van der Waals surface area contributed by atoms with Crippen molar-refractivity contribution >= 4 is 22.7 Å². The first-order valence-corrected chi connectivity index (χ1v) is 6.37. The molecule has 1 rings (SSSR count). The van der Waals surface area contributed by atoms with Crippen LogP contribution in [0.1, 0.15) is 36.2 Å². The molecule has 3 heteroatoms. The summed E-state index contributed by atoms with van der Waals surface area (Å²) in [5, 5.41) is 0.0724. The van der Waals surface area contributed by atoms with Gasteiger partial charge >= 0.3 is 0 Å². The highest BCUT2D eigenvalue weighted by Crippen LogP contribution is 2.06. The van der Waals surface area contributed by atoms with Crippen LogP contribution in [0.5, 0.6) is 0 Å². The smallest absolute Gasteiger partial charge is 0.186 e. The SMILES string of the molecule is CCC(=O)c1ccc(C#CCSC(C)=O)cc1. The van der Waals surface area contributed by atoms with E-state index in [1.807, 2.05) is 19.1 Å². The average Bonchev–Trinajstić information content (AvgIpc) is 2.34. The number of rotatable bonds is 3. The van der Waals surface area contributed by atoms with E-state index in [-0.39, 0.29) is 10.9 Å². The number of carbonyl (C=O) groups is 2. The number of Topliss-reactive ketones (excluding diaryl/α,β-unsaturated/α-hetero) is 1. The standard InChI is InChI=1S/C14H14O2S/c1-3-14(16)13-8-6-12(7-9-13)5-4-10-17-11(2)15/h6-9H,3,10H2,1-2H3. The first kappa shape index (κ1) is 13.5. The summed E-state index contributed by atoms with van der Waals surface area (Å²) in [5.41, 5.74) is 1.58. The highest BCUT2D eigenvalue weighted by Gasteiger charge is 2.00. The lowest BCUT2D eigenvalue weighted by Gasteiger charge is -1.97. The Morgan fingerprint density at radius 1 is 1.24 bits per heavy atom. The summed E-state index contributed by atoms with van der Waals surface area (Å²) in [6.07, 6.45) is 0.514. The zero-order valence-corrected chi connectivity index (χ0v) is 10.8. The van der Waals surface area contributed by atoms with Gasteiger partial charge in [-0.15, -0.1) is 0 Å². The Bertz CT molecular complexity index is 463. The minimum Gasteiger partial charge on any atom is -0.294 e. The Balaban J connectivity index is 2.62. The van der Waals surface area contributed by atoms with E-state index in [2.05, 4.69) is 11.8 Å². The largest absolute Gasteiger partial charge is 0.294 e. The molecule has 2 nitrogen and oxygen atoms in total. The first-order chi connectivity index (χ1) is 8.13. The topological polar surface area (TPSA) is 34.1 Å². The van der Waals surface area contributed by atoms with Crippen LogP contribution in [0.4, 0.5) is 0 Å². The van der Waals surface area contributed by atoms with Crippen molar-refractivity contribution in [1.29, 1.82) is 0 Å². The molecular formula is C14H14O2S. The average molecular weight is 246 g/mol. The number of benzene rings is 1. The van der Waals surface area contributed by atoms with Crippen LogP contribution >= 0.6 is 11.8 Å². The second kappa shape index (κ2) is 6.93. The lowest BCUT2D eigenvalue weighted by Crippen LogP contribution is -1.95. The van der Waals surface area contributed by atoms with Crippen LogP contribution in [0.3, 0.4) is 0 Å². The lowest BCUT2D eigenvalue weighted by molar-refractivity contribution is -0.109. The normalized spacial score (nSPS) is 9.29. The van der Waals surface area contributed by atoms with E-state index >= 15 is 0 Å². The fourth-order valence-corrected chi connectivity index (χ4v) is 1.57. The van der Waals surface area contributed by atoms with E-state index < -0.39 is 0 Å². The fraction of sp³-hybridized carbons (Fsp3) is 0.286. The zero-order valence-electron chi connectivity index (χ0n) is 9.95. The van der Waals surface area contributed by atoms with Crippen molar-refractivity contribution in [2.45, 2.75) is 20.3 Å². The van der Waals surface area contributed by atoms with E-state index in [9.17, 15) is 9.59 Å². The maximum absolute atomic E-state index is 11.4. The van der Waals surface area contributed by atoms with Gasteiger partial charge in [-0.2, -0.15) is 0 Å². The van der Waals surface area contributed by atoms with Crippen molar-refractivity contribution in [1.82, 2.24) is 0 Å². The Kier molecular flexibility index (Phi) is 5.51. The predicted molar refractivity (Wildman–Crippen MR) is 71.1 cm³/mol. The molecule has 88 valence electrons. The maximum atomic E-state index is 11.4. The van der Waals surface area contributed by atoms with Crippen molar-refractivity contribution in [3.05, 3.63) is 35.4 Å². The molecule has 0 bridgehead atoms. The van der Waals surface area contributed by atoms with Gasteiger partial charge in [0.05, 0.1) is 5.75 Å². The molecule has 17 heavy (non-hydrogen) atoms. The molecule has 0 saturated carbocycles. The molecule has 0 spiro atoms. The van der Waals surface area contributed by atoms with E-state index in [0.717, 1.165) is 11.1 Å². The summed E-state index contributed by atoms with van der Waals surface area (Å²) < 4.78 is 0. The number of carbonyl (C=O) groups excluding carboxylic acids is 2. The molecule has 0 aromatic heterocycles. The Morgan fingerprint density at radius 2 is 1.88 bits per heavy atom. The highest BCUT2D eigenvalue weighted by atomic mass is 32.2. The lowest BCUT2D eigenvalue weighted by atomic mass is 10.1. The van der Waals surface area contributed by atoms with Gasteiger partial charge in [-0.1, -0.05) is 42.7 Å². The van der Waals surface area contributed by atoms with E-state index in [4.69, 9.17) is 0 Å². The van der Waals surface area contributed by atoms with Gasteiger partial charge in [0.1, 0.15) is 0 Å². The molecule has 0 unspecified atom stereocenters. The molecule has 0 aliphatic carbocycles. The third kappa shape index (κ3) is 4.88. The highest BCUT2D eigenvalue weighted by molar-refractivity contribution is 8.13. The number of hydrogen-bond acceptors (Lipinski definition) is 3. The van der Waals surface area contributed by atoms with Crippen LogP contribution < -0.4 is 0 Å². The van der Waals surface area contributed by atoms with Crippen molar-refractivity contribution in [2.24, 2.45) is 0 Å². The molecule has 0 saturated heterocycles. The molecule has 0 fully saturated rings. The summed E-state index contributed by atoms with van der Waals surface area (Å²) in [6, 6.07) is 7.23.